The predicted octanol–water partition coefficient (Wildman–Crippen LogP) is 0.540. The van der Waals surface area contributed by atoms with Gasteiger partial charge in [-0.2, -0.15) is 4.98 Å². The molecule has 11 heteroatoms. The summed E-state index contributed by atoms with van der Waals surface area (Å²) in [5, 5.41) is 9.10. The molecule has 11 nitrogen and oxygen atoms in total. The van der Waals surface area contributed by atoms with Gasteiger partial charge in [0.1, 0.15) is 18.0 Å². The molecule has 0 amide bonds. The number of aromatic nitrogens is 4. The highest BCUT2D eigenvalue weighted by Gasteiger charge is 2.28. The first-order chi connectivity index (χ1) is 14.4. The lowest BCUT2D eigenvalue weighted by atomic mass is 10.2. The second kappa shape index (κ2) is 7.25. The number of hydrogen-bond acceptors (Lipinski definition) is 7. The molecule has 3 heterocycles. The van der Waals surface area contributed by atoms with Gasteiger partial charge < -0.3 is 24.0 Å². The average Bonchev–Trinajstić information content (AvgIpc) is 3.14. The minimum atomic E-state index is -1.27. The highest BCUT2D eigenvalue weighted by molar-refractivity contribution is 5.78. The number of imidazole rings is 1. The van der Waals surface area contributed by atoms with Gasteiger partial charge in [-0.1, -0.05) is 0 Å². The topological polar surface area (TPSA) is 121 Å². The van der Waals surface area contributed by atoms with Gasteiger partial charge >= 0.3 is 11.7 Å². The molecule has 2 aromatic heterocycles. The maximum Gasteiger partial charge on any atom is 0.333 e. The fourth-order valence-corrected chi connectivity index (χ4v) is 3.78. The number of carboxylic acids is 1. The molecule has 0 saturated heterocycles. The number of aryl methyl sites for hydroxylation is 2. The van der Waals surface area contributed by atoms with Crippen molar-refractivity contribution in [3.05, 3.63) is 39.0 Å². The molecule has 0 spiro atoms. The van der Waals surface area contributed by atoms with E-state index in [0.29, 0.717) is 35.1 Å². The molecule has 0 radical (unpaired) electrons. The predicted molar refractivity (Wildman–Crippen MR) is 108 cm³/mol. The van der Waals surface area contributed by atoms with Crippen LogP contribution >= 0.6 is 0 Å². The smallest absolute Gasteiger partial charge is 0.333 e. The molecule has 0 saturated carbocycles. The first kappa shape index (κ1) is 19.6. The van der Waals surface area contributed by atoms with Crippen LogP contribution in [0, 0.1) is 0 Å². The van der Waals surface area contributed by atoms with Gasteiger partial charge in [-0.25, -0.2) is 9.36 Å². The lowest BCUT2D eigenvalue weighted by Gasteiger charge is -2.30. The summed E-state index contributed by atoms with van der Waals surface area (Å²) in [5.74, 6) is 0.434. The maximum absolute atomic E-state index is 13.0. The van der Waals surface area contributed by atoms with Gasteiger partial charge in [0.15, 0.2) is 11.2 Å². The highest BCUT2D eigenvalue weighted by Crippen LogP contribution is 2.38. The Morgan fingerprint density at radius 2 is 1.97 bits per heavy atom. The Bertz CT molecular complexity index is 1270. The third-order valence-corrected chi connectivity index (χ3v) is 5.19. The van der Waals surface area contributed by atoms with Crippen LogP contribution in [0.5, 0.6) is 11.5 Å². The second-order valence-electron chi connectivity index (χ2n) is 6.91. The van der Waals surface area contributed by atoms with E-state index < -0.39 is 23.8 Å². The molecule has 0 atom stereocenters. The number of fused-ring (bicyclic) bond motifs is 3. The lowest BCUT2D eigenvalue weighted by molar-refractivity contribution is -0.137. The van der Waals surface area contributed by atoms with Crippen molar-refractivity contribution < 1.29 is 19.4 Å². The van der Waals surface area contributed by atoms with Gasteiger partial charge in [0.25, 0.3) is 5.56 Å². The number of ether oxygens (including phenoxy) is 2. The molecule has 0 fully saturated rings. The minimum Gasteiger partial charge on any atom is -0.497 e. The van der Waals surface area contributed by atoms with Crippen molar-refractivity contribution in [2.24, 2.45) is 7.05 Å². The molecule has 0 unspecified atom stereocenters. The Balaban J connectivity index is 1.96. The van der Waals surface area contributed by atoms with Crippen molar-refractivity contribution in [3.63, 3.8) is 0 Å². The van der Waals surface area contributed by atoms with Gasteiger partial charge in [-0.05, 0) is 18.6 Å². The van der Waals surface area contributed by atoms with E-state index in [1.54, 1.807) is 30.9 Å². The second-order valence-corrected chi connectivity index (χ2v) is 6.91. The van der Waals surface area contributed by atoms with E-state index in [4.69, 9.17) is 14.6 Å². The minimum absolute atomic E-state index is 0.200. The summed E-state index contributed by atoms with van der Waals surface area (Å²) in [6.45, 7) is 0.433. The average molecular weight is 415 g/mol. The Morgan fingerprint density at radius 1 is 1.20 bits per heavy atom. The van der Waals surface area contributed by atoms with E-state index in [1.807, 2.05) is 11.0 Å². The largest absolute Gasteiger partial charge is 0.497 e. The molecule has 1 aliphatic rings. The van der Waals surface area contributed by atoms with Crippen LogP contribution in [0.15, 0.2) is 27.8 Å². The summed E-state index contributed by atoms with van der Waals surface area (Å²) in [6, 6.07) is 5.40. The summed E-state index contributed by atoms with van der Waals surface area (Å²) < 4.78 is 14.4. The zero-order valence-electron chi connectivity index (χ0n) is 16.8. The number of carboxylic acid groups (broad SMARTS) is 1. The maximum atomic E-state index is 13.0. The van der Waals surface area contributed by atoms with Crippen molar-refractivity contribution in [2.45, 2.75) is 19.5 Å². The number of methoxy groups -OCH3 is 2. The van der Waals surface area contributed by atoms with E-state index in [0.717, 1.165) is 12.1 Å². The number of rotatable bonds is 5. The zero-order chi connectivity index (χ0) is 21.6. The first-order valence-corrected chi connectivity index (χ1v) is 9.28. The van der Waals surface area contributed by atoms with E-state index in [1.165, 1.54) is 11.6 Å². The molecule has 1 N–H and O–H groups in total. The Morgan fingerprint density at radius 3 is 2.63 bits per heavy atom. The molecule has 158 valence electrons. The number of nitrogens with zero attached hydrogens (tertiary/aromatic N) is 5. The first-order valence-electron chi connectivity index (χ1n) is 9.28. The number of aliphatic carboxylic acids is 1. The lowest BCUT2D eigenvalue weighted by Crippen LogP contribution is -2.41. The molecule has 0 aliphatic carbocycles. The highest BCUT2D eigenvalue weighted by atomic mass is 16.5. The summed E-state index contributed by atoms with van der Waals surface area (Å²) in [4.78, 5) is 43.2. The molecule has 4 rings (SSSR count). The van der Waals surface area contributed by atoms with Crippen molar-refractivity contribution >= 4 is 28.8 Å². The zero-order valence-corrected chi connectivity index (χ0v) is 16.8. The van der Waals surface area contributed by atoms with Crippen LogP contribution in [0.4, 0.5) is 11.6 Å². The van der Waals surface area contributed by atoms with E-state index in [2.05, 4.69) is 4.98 Å². The molecule has 30 heavy (non-hydrogen) atoms. The van der Waals surface area contributed by atoms with E-state index in [9.17, 15) is 14.4 Å². The van der Waals surface area contributed by atoms with Crippen LogP contribution in [-0.4, -0.2) is 50.5 Å². The molecular weight excluding hydrogens is 394 g/mol. The quantitative estimate of drug-likeness (QED) is 0.641. The van der Waals surface area contributed by atoms with Gasteiger partial charge in [0.05, 0.1) is 19.9 Å². The molecule has 1 aromatic carbocycles. The van der Waals surface area contributed by atoms with Crippen LogP contribution in [0.25, 0.3) is 11.2 Å². The monoisotopic (exact) mass is 415 g/mol. The SMILES string of the molecule is COc1ccc(N2CCCn3c2nc2c3c(=O)n(CC(=O)O)c(=O)n2C)c(OC)c1. The van der Waals surface area contributed by atoms with Crippen LogP contribution in [-0.2, 0) is 24.9 Å². The standard InChI is InChI=1S/C19H21N5O6/c1-21-16-15(17(27)24(19(21)28)10-14(25)26)23-8-4-7-22(18(23)20-16)12-6-5-11(29-2)9-13(12)30-3/h5-6,9H,4,7-8,10H2,1-3H3,(H,25,26). The van der Waals surface area contributed by atoms with Gasteiger partial charge in [-0.15, -0.1) is 0 Å². The fraction of sp³-hybridized carbons (Fsp3) is 0.368. The number of benzene rings is 1. The van der Waals surface area contributed by atoms with Crippen LogP contribution in [0.1, 0.15) is 6.42 Å². The molecule has 1 aliphatic heterocycles. The molecular formula is C19H21N5O6. The van der Waals surface area contributed by atoms with Crippen molar-refractivity contribution in [1.82, 2.24) is 18.7 Å². The molecule has 3 aromatic rings. The molecule has 0 bridgehead atoms. The third kappa shape index (κ3) is 2.90. The van der Waals surface area contributed by atoms with Gasteiger partial charge in [0.2, 0.25) is 5.95 Å². The third-order valence-electron chi connectivity index (χ3n) is 5.19. The van der Waals surface area contributed by atoms with E-state index >= 15 is 0 Å². The van der Waals surface area contributed by atoms with E-state index in [-0.39, 0.29) is 11.2 Å². The Kier molecular flexibility index (Phi) is 4.72. The van der Waals surface area contributed by atoms with Crippen LogP contribution < -0.4 is 25.6 Å². The number of carbonyl (C=O) groups is 1. The normalized spacial score (nSPS) is 13.4. The van der Waals surface area contributed by atoms with Crippen molar-refractivity contribution in [3.8, 4) is 11.5 Å². The van der Waals surface area contributed by atoms with Crippen molar-refractivity contribution in [1.29, 1.82) is 0 Å². The number of hydrogen-bond donors (Lipinski definition) is 1. The van der Waals surface area contributed by atoms with Crippen LogP contribution in [0.3, 0.4) is 0 Å². The summed E-state index contributed by atoms with van der Waals surface area (Å²) >= 11 is 0. The van der Waals surface area contributed by atoms with Gasteiger partial charge in [0, 0.05) is 26.2 Å². The summed E-state index contributed by atoms with van der Waals surface area (Å²) in [5.41, 5.74) is -0.242. The van der Waals surface area contributed by atoms with Gasteiger partial charge in [-0.3, -0.25) is 14.2 Å². The Labute approximate surface area is 170 Å². The number of anilines is 2. The summed E-state index contributed by atoms with van der Waals surface area (Å²) in [7, 11) is 4.59. The van der Waals surface area contributed by atoms with Crippen molar-refractivity contribution in [2.75, 3.05) is 25.7 Å². The fourth-order valence-electron chi connectivity index (χ4n) is 3.78. The Hall–Kier alpha value is -3.76. The van der Waals surface area contributed by atoms with Crippen LogP contribution in [0.2, 0.25) is 0 Å². The summed E-state index contributed by atoms with van der Waals surface area (Å²) in [6.07, 6.45) is 0.717.